The van der Waals surface area contributed by atoms with Crippen molar-refractivity contribution < 1.29 is 8.78 Å². The van der Waals surface area contributed by atoms with Gasteiger partial charge in [0, 0.05) is 11.6 Å². The van der Waals surface area contributed by atoms with E-state index in [4.69, 9.17) is 0 Å². The number of nitrogens with one attached hydrogen (secondary N) is 1. The van der Waals surface area contributed by atoms with Crippen molar-refractivity contribution in [2.45, 2.75) is 26.8 Å². The minimum atomic E-state index is -0.781. The molecule has 1 aromatic rings. The highest BCUT2D eigenvalue weighted by Crippen LogP contribution is 2.25. The van der Waals surface area contributed by atoms with Gasteiger partial charge in [-0.3, -0.25) is 0 Å². The molecule has 0 spiro atoms. The average Bonchev–Trinajstić information content (AvgIpc) is 2.19. The minimum Gasteiger partial charge on any atom is -0.310 e. The predicted molar refractivity (Wildman–Crippen MR) is 57.6 cm³/mol. The summed E-state index contributed by atoms with van der Waals surface area (Å²) in [6, 6.07) is 4.18. The molecule has 0 aliphatic rings. The summed E-state index contributed by atoms with van der Waals surface area (Å²) < 4.78 is 26.6. The summed E-state index contributed by atoms with van der Waals surface area (Å²) in [6.45, 7) is 6.65. The average molecular weight is 213 g/mol. The molecule has 1 rings (SSSR count). The van der Waals surface area contributed by atoms with Crippen molar-refractivity contribution in [1.29, 1.82) is 0 Å². The van der Waals surface area contributed by atoms with Gasteiger partial charge < -0.3 is 5.32 Å². The molecule has 0 bridgehead atoms. The van der Waals surface area contributed by atoms with Gasteiger partial charge in [-0.1, -0.05) is 32.9 Å². The summed E-state index contributed by atoms with van der Waals surface area (Å²) in [5.74, 6) is -1.30. The van der Waals surface area contributed by atoms with Gasteiger partial charge in [0.25, 0.3) is 0 Å². The second-order valence-electron chi connectivity index (χ2n) is 3.92. The summed E-state index contributed by atoms with van der Waals surface area (Å²) in [4.78, 5) is 0. The Morgan fingerprint density at radius 2 is 1.93 bits per heavy atom. The Morgan fingerprint density at radius 1 is 1.27 bits per heavy atom. The SMILES string of the molecule is CCNC(c1cccc(F)c1F)C(C)C. The second kappa shape index (κ2) is 5.21. The molecule has 0 saturated heterocycles. The first-order valence-corrected chi connectivity index (χ1v) is 5.25. The van der Waals surface area contributed by atoms with Crippen LogP contribution in [0.3, 0.4) is 0 Å². The Kier molecular flexibility index (Phi) is 4.21. The first-order valence-electron chi connectivity index (χ1n) is 5.25. The fraction of sp³-hybridized carbons (Fsp3) is 0.500. The fourth-order valence-electron chi connectivity index (χ4n) is 1.69. The smallest absolute Gasteiger partial charge is 0.163 e. The molecule has 15 heavy (non-hydrogen) atoms. The number of rotatable bonds is 4. The van der Waals surface area contributed by atoms with Crippen LogP contribution < -0.4 is 5.32 Å². The maximum atomic E-state index is 13.5. The van der Waals surface area contributed by atoms with Gasteiger partial charge in [0.15, 0.2) is 11.6 Å². The van der Waals surface area contributed by atoms with Crippen LogP contribution in [-0.2, 0) is 0 Å². The molecule has 1 aromatic carbocycles. The zero-order valence-electron chi connectivity index (χ0n) is 9.35. The van der Waals surface area contributed by atoms with Crippen LogP contribution in [0.5, 0.6) is 0 Å². The van der Waals surface area contributed by atoms with Gasteiger partial charge in [0.05, 0.1) is 0 Å². The van der Waals surface area contributed by atoms with Gasteiger partial charge >= 0.3 is 0 Å². The van der Waals surface area contributed by atoms with E-state index in [2.05, 4.69) is 5.32 Å². The van der Waals surface area contributed by atoms with E-state index in [0.717, 1.165) is 12.6 Å². The molecular formula is C12H17F2N. The van der Waals surface area contributed by atoms with E-state index in [1.165, 1.54) is 0 Å². The van der Waals surface area contributed by atoms with Crippen LogP contribution in [0.15, 0.2) is 18.2 Å². The molecule has 0 fully saturated rings. The van der Waals surface area contributed by atoms with Crippen molar-refractivity contribution in [2.24, 2.45) is 5.92 Å². The third-order valence-electron chi connectivity index (χ3n) is 2.41. The van der Waals surface area contributed by atoms with E-state index in [0.29, 0.717) is 5.56 Å². The molecular weight excluding hydrogens is 196 g/mol. The molecule has 0 heterocycles. The van der Waals surface area contributed by atoms with E-state index in [-0.39, 0.29) is 12.0 Å². The first kappa shape index (κ1) is 12.1. The van der Waals surface area contributed by atoms with E-state index in [1.54, 1.807) is 12.1 Å². The Labute approximate surface area is 89.5 Å². The first-order chi connectivity index (χ1) is 7.07. The predicted octanol–water partition coefficient (Wildman–Crippen LogP) is 3.27. The van der Waals surface area contributed by atoms with E-state index in [9.17, 15) is 8.78 Å². The molecule has 3 heteroatoms. The molecule has 0 aliphatic heterocycles. The summed E-state index contributed by atoms with van der Waals surface area (Å²) in [5, 5.41) is 3.16. The van der Waals surface area contributed by atoms with Gasteiger partial charge in [-0.25, -0.2) is 8.78 Å². The molecule has 0 aromatic heterocycles. The lowest BCUT2D eigenvalue weighted by Gasteiger charge is -2.22. The lowest BCUT2D eigenvalue weighted by Crippen LogP contribution is -2.26. The monoisotopic (exact) mass is 213 g/mol. The Bertz CT molecular complexity index is 323. The highest BCUT2D eigenvalue weighted by molar-refractivity contribution is 5.23. The zero-order valence-corrected chi connectivity index (χ0v) is 9.35. The number of hydrogen-bond donors (Lipinski definition) is 1. The fourth-order valence-corrected chi connectivity index (χ4v) is 1.69. The van der Waals surface area contributed by atoms with Crippen LogP contribution in [0.2, 0.25) is 0 Å². The van der Waals surface area contributed by atoms with Crippen molar-refractivity contribution in [2.75, 3.05) is 6.54 Å². The Hall–Kier alpha value is -0.960. The largest absolute Gasteiger partial charge is 0.310 e. The topological polar surface area (TPSA) is 12.0 Å². The van der Waals surface area contributed by atoms with Crippen LogP contribution in [0.25, 0.3) is 0 Å². The van der Waals surface area contributed by atoms with E-state index < -0.39 is 11.6 Å². The third-order valence-corrected chi connectivity index (χ3v) is 2.41. The number of halogens is 2. The van der Waals surface area contributed by atoms with Crippen LogP contribution >= 0.6 is 0 Å². The van der Waals surface area contributed by atoms with Crippen molar-refractivity contribution in [3.05, 3.63) is 35.4 Å². The molecule has 1 atom stereocenters. The van der Waals surface area contributed by atoms with Crippen molar-refractivity contribution in [1.82, 2.24) is 5.32 Å². The molecule has 0 amide bonds. The van der Waals surface area contributed by atoms with Crippen LogP contribution in [0.1, 0.15) is 32.4 Å². The number of benzene rings is 1. The molecule has 0 saturated carbocycles. The molecule has 1 nitrogen and oxygen atoms in total. The lowest BCUT2D eigenvalue weighted by atomic mass is 9.95. The third kappa shape index (κ3) is 2.75. The molecule has 1 N–H and O–H groups in total. The van der Waals surface area contributed by atoms with Gasteiger partial charge in [-0.2, -0.15) is 0 Å². The van der Waals surface area contributed by atoms with Crippen molar-refractivity contribution in [3.63, 3.8) is 0 Å². The van der Waals surface area contributed by atoms with Gasteiger partial charge in [-0.05, 0) is 18.5 Å². The van der Waals surface area contributed by atoms with Crippen molar-refractivity contribution in [3.8, 4) is 0 Å². The molecule has 0 aliphatic carbocycles. The van der Waals surface area contributed by atoms with E-state index >= 15 is 0 Å². The summed E-state index contributed by atoms with van der Waals surface area (Å²) in [6.07, 6.45) is 0. The highest BCUT2D eigenvalue weighted by atomic mass is 19.2. The highest BCUT2D eigenvalue weighted by Gasteiger charge is 2.19. The zero-order chi connectivity index (χ0) is 11.4. The van der Waals surface area contributed by atoms with Gasteiger partial charge in [0.1, 0.15) is 0 Å². The molecule has 0 radical (unpaired) electrons. The van der Waals surface area contributed by atoms with Crippen LogP contribution in [0.4, 0.5) is 8.78 Å². The summed E-state index contributed by atoms with van der Waals surface area (Å²) in [5.41, 5.74) is 0.409. The quantitative estimate of drug-likeness (QED) is 0.809. The maximum absolute atomic E-state index is 13.5. The number of hydrogen-bond acceptors (Lipinski definition) is 1. The molecule has 84 valence electrons. The van der Waals surface area contributed by atoms with Crippen LogP contribution in [0, 0.1) is 17.6 Å². The van der Waals surface area contributed by atoms with Crippen molar-refractivity contribution >= 4 is 0 Å². The van der Waals surface area contributed by atoms with Crippen LogP contribution in [-0.4, -0.2) is 6.54 Å². The van der Waals surface area contributed by atoms with Gasteiger partial charge in [0.2, 0.25) is 0 Å². The summed E-state index contributed by atoms with van der Waals surface area (Å²) >= 11 is 0. The Balaban J connectivity index is 3.05. The summed E-state index contributed by atoms with van der Waals surface area (Å²) in [7, 11) is 0. The minimum absolute atomic E-state index is 0.134. The Morgan fingerprint density at radius 3 is 2.47 bits per heavy atom. The standard InChI is InChI=1S/C12H17F2N/c1-4-15-12(8(2)3)9-6-5-7-10(13)11(9)14/h5-8,12,15H,4H2,1-3H3. The maximum Gasteiger partial charge on any atom is 0.163 e. The van der Waals surface area contributed by atoms with Gasteiger partial charge in [-0.15, -0.1) is 0 Å². The normalized spacial score (nSPS) is 13.2. The van der Waals surface area contributed by atoms with E-state index in [1.807, 2.05) is 20.8 Å². The molecule has 1 unspecified atom stereocenters. The second-order valence-corrected chi connectivity index (χ2v) is 3.92. The lowest BCUT2D eigenvalue weighted by molar-refractivity contribution is 0.394.